The maximum atomic E-state index is 5.74. The van der Waals surface area contributed by atoms with E-state index in [9.17, 15) is 0 Å². The van der Waals surface area contributed by atoms with E-state index in [1.54, 1.807) is 0 Å². The summed E-state index contributed by atoms with van der Waals surface area (Å²) in [6.45, 7) is 3.26. The standard InChI is InChI=1S/C5H9ClNO/c1-7-2-3-8-4-5(7)6/h2,5H,3-4H2,1H3. The van der Waals surface area contributed by atoms with Crippen molar-refractivity contribution in [2.45, 2.75) is 5.50 Å². The Balaban J connectivity index is 2.28. The largest absolute Gasteiger partial charge is 0.377 e. The molecule has 0 N–H and O–H groups in total. The van der Waals surface area contributed by atoms with Crippen LogP contribution in [0, 0.1) is 6.54 Å². The number of alkyl halides is 1. The van der Waals surface area contributed by atoms with E-state index in [1.807, 2.05) is 18.5 Å². The van der Waals surface area contributed by atoms with Gasteiger partial charge >= 0.3 is 0 Å². The van der Waals surface area contributed by atoms with Gasteiger partial charge in [0.2, 0.25) is 0 Å². The minimum atomic E-state index is 0.0312. The van der Waals surface area contributed by atoms with Gasteiger partial charge in [-0.15, -0.1) is 11.6 Å². The average molecular weight is 135 g/mol. The molecule has 47 valence electrons. The molecule has 0 aromatic rings. The number of likely N-dealkylation sites (N-methyl/N-ethyl adjacent to an activating group) is 1. The van der Waals surface area contributed by atoms with E-state index in [2.05, 4.69) is 0 Å². The van der Waals surface area contributed by atoms with Crippen LogP contribution in [0.25, 0.3) is 0 Å². The quantitative estimate of drug-likeness (QED) is 0.357. The maximum absolute atomic E-state index is 5.74. The SMILES string of the molecule is CN1[CH]COCC1Cl. The topological polar surface area (TPSA) is 12.5 Å². The van der Waals surface area contributed by atoms with E-state index in [-0.39, 0.29) is 5.50 Å². The Hall–Kier alpha value is 0.210. The van der Waals surface area contributed by atoms with Gasteiger partial charge in [-0.05, 0) is 7.05 Å². The molecule has 0 aromatic heterocycles. The van der Waals surface area contributed by atoms with Crippen molar-refractivity contribution in [1.29, 1.82) is 0 Å². The van der Waals surface area contributed by atoms with Crippen molar-refractivity contribution < 1.29 is 4.74 Å². The van der Waals surface area contributed by atoms with Crippen molar-refractivity contribution in [1.82, 2.24) is 4.90 Å². The van der Waals surface area contributed by atoms with Crippen molar-refractivity contribution in [3.63, 3.8) is 0 Å². The van der Waals surface area contributed by atoms with Gasteiger partial charge in [0.15, 0.2) is 0 Å². The van der Waals surface area contributed by atoms with Crippen molar-refractivity contribution in [3.8, 4) is 0 Å². The molecular formula is C5H9ClNO. The van der Waals surface area contributed by atoms with Crippen molar-refractivity contribution in [2.24, 2.45) is 0 Å². The normalized spacial score (nSPS) is 33.0. The lowest BCUT2D eigenvalue weighted by Crippen LogP contribution is -2.35. The third-order valence-corrected chi connectivity index (χ3v) is 1.61. The van der Waals surface area contributed by atoms with Crippen LogP contribution < -0.4 is 0 Å². The second-order valence-corrected chi connectivity index (χ2v) is 2.32. The number of hydrogen-bond donors (Lipinski definition) is 0. The summed E-state index contributed by atoms with van der Waals surface area (Å²) < 4.78 is 5.02. The number of hydrogen-bond acceptors (Lipinski definition) is 2. The molecule has 0 amide bonds. The predicted molar refractivity (Wildman–Crippen MR) is 32.5 cm³/mol. The molecule has 1 rings (SSSR count). The molecule has 3 heteroatoms. The maximum Gasteiger partial charge on any atom is 0.109 e. The molecule has 1 atom stereocenters. The fraction of sp³-hybridized carbons (Fsp3) is 0.800. The zero-order chi connectivity index (χ0) is 5.98. The number of nitrogens with zero attached hydrogens (tertiary/aromatic N) is 1. The first-order valence-electron chi connectivity index (χ1n) is 2.58. The molecule has 1 saturated heterocycles. The van der Waals surface area contributed by atoms with Crippen molar-refractivity contribution >= 4 is 11.6 Å². The summed E-state index contributed by atoms with van der Waals surface area (Å²) in [5.74, 6) is 0. The van der Waals surface area contributed by atoms with E-state index in [4.69, 9.17) is 16.3 Å². The Bertz CT molecular complexity index is 68.8. The summed E-state index contributed by atoms with van der Waals surface area (Å²) in [7, 11) is 1.94. The van der Waals surface area contributed by atoms with Gasteiger partial charge in [0.1, 0.15) is 5.50 Å². The highest BCUT2D eigenvalue weighted by atomic mass is 35.5. The molecule has 2 nitrogen and oxygen atoms in total. The summed E-state index contributed by atoms with van der Waals surface area (Å²) in [6, 6.07) is 0. The first-order chi connectivity index (χ1) is 3.80. The highest BCUT2D eigenvalue weighted by Crippen LogP contribution is 2.09. The van der Waals surface area contributed by atoms with Gasteiger partial charge in [-0.2, -0.15) is 0 Å². The van der Waals surface area contributed by atoms with Crippen molar-refractivity contribution in [3.05, 3.63) is 6.54 Å². The summed E-state index contributed by atoms with van der Waals surface area (Å²) in [4.78, 5) is 1.95. The van der Waals surface area contributed by atoms with Crippen LogP contribution in [0.15, 0.2) is 0 Å². The summed E-state index contributed by atoms with van der Waals surface area (Å²) >= 11 is 5.74. The minimum absolute atomic E-state index is 0.0312. The second-order valence-electron chi connectivity index (χ2n) is 1.82. The minimum Gasteiger partial charge on any atom is -0.377 e. The fourth-order valence-corrected chi connectivity index (χ4v) is 0.736. The Labute approximate surface area is 54.4 Å². The second kappa shape index (κ2) is 2.67. The van der Waals surface area contributed by atoms with Crippen LogP contribution in [0.5, 0.6) is 0 Å². The number of halogens is 1. The molecule has 1 aliphatic rings. The summed E-state index contributed by atoms with van der Waals surface area (Å²) in [5, 5.41) is 0. The molecule has 1 unspecified atom stereocenters. The lowest BCUT2D eigenvalue weighted by molar-refractivity contribution is 0.0641. The Morgan fingerprint density at radius 2 is 2.62 bits per heavy atom. The Kier molecular flexibility index (Phi) is 2.11. The molecule has 8 heavy (non-hydrogen) atoms. The lowest BCUT2D eigenvalue weighted by Gasteiger charge is -2.26. The summed E-state index contributed by atoms with van der Waals surface area (Å²) in [6.07, 6.45) is 0. The molecule has 1 radical (unpaired) electrons. The molecule has 1 aliphatic heterocycles. The van der Waals surface area contributed by atoms with Crippen LogP contribution in [-0.4, -0.2) is 30.7 Å². The third kappa shape index (κ3) is 1.34. The first kappa shape index (κ1) is 6.33. The van der Waals surface area contributed by atoms with Gasteiger partial charge in [0.05, 0.1) is 19.8 Å². The molecule has 0 saturated carbocycles. The highest BCUT2D eigenvalue weighted by Gasteiger charge is 2.15. The van der Waals surface area contributed by atoms with Crippen LogP contribution in [0.4, 0.5) is 0 Å². The Morgan fingerprint density at radius 1 is 1.88 bits per heavy atom. The van der Waals surface area contributed by atoms with Gasteiger partial charge in [0, 0.05) is 0 Å². The molecule has 0 spiro atoms. The molecule has 1 fully saturated rings. The van der Waals surface area contributed by atoms with Gasteiger partial charge < -0.3 is 4.74 Å². The summed E-state index contributed by atoms with van der Waals surface area (Å²) in [5.41, 5.74) is 0.0312. The van der Waals surface area contributed by atoms with E-state index in [0.717, 1.165) is 0 Å². The fourth-order valence-electron chi connectivity index (χ4n) is 0.568. The van der Waals surface area contributed by atoms with Gasteiger partial charge in [-0.1, -0.05) is 0 Å². The third-order valence-electron chi connectivity index (χ3n) is 1.18. The molecule has 1 heterocycles. The predicted octanol–water partition coefficient (Wildman–Crippen LogP) is 0.675. The molecule has 0 bridgehead atoms. The number of ether oxygens (including phenoxy) is 1. The van der Waals surface area contributed by atoms with Gasteiger partial charge in [0.25, 0.3) is 0 Å². The number of rotatable bonds is 0. The number of morpholine rings is 1. The van der Waals surface area contributed by atoms with Gasteiger partial charge in [-0.3, -0.25) is 4.90 Å². The average Bonchev–Trinajstić information content (AvgIpc) is 1.77. The van der Waals surface area contributed by atoms with E-state index in [1.165, 1.54) is 0 Å². The zero-order valence-electron chi connectivity index (χ0n) is 4.80. The molecule has 0 aliphatic carbocycles. The molecule has 0 aromatic carbocycles. The smallest absolute Gasteiger partial charge is 0.109 e. The zero-order valence-corrected chi connectivity index (χ0v) is 5.56. The van der Waals surface area contributed by atoms with Crippen LogP contribution in [0.3, 0.4) is 0 Å². The Morgan fingerprint density at radius 3 is 3.00 bits per heavy atom. The highest BCUT2D eigenvalue weighted by molar-refractivity contribution is 6.20. The van der Waals surface area contributed by atoms with Crippen LogP contribution in [0.2, 0.25) is 0 Å². The first-order valence-corrected chi connectivity index (χ1v) is 3.01. The van der Waals surface area contributed by atoms with Crippen LogP contribution in [0.1, 0.15) is 0 Å². The van der Waals surface area contributed by atoms with Gasteiger partial charge in [-0.25, -0.2) is 0 Å². The van der Waals surface area contributed by atoms with Crippen LogP contribution in [-0.2, 0) is 4.74 Å². The molecular weight excluding hydrogens is 126 g/mol. The monoisotopic (exact) mass is 134 g/mol. The van der Waals surface area contributed by atoms with E-state index >= 15 is 0 Å². The van der Waals surface area contributed by atoms with Crippen LogP contribution >= 0.6 is 11.6 Å². The van der Waals surface area contributed by atoms with E-state index in [0.29, 0.717) is 13.2 Å². The lowest BCUT2D eigenvalue weighted by atomic mass is 10.5. The van der Waals surface area contributed by atoms with Crippen molar-refractivity contribution in [2.75, 3.05) is 20.3 Å². The van der Waals surface area contributed by atoms with E-state index < -0.39 is 0 Å².